The molecule has 3 aromatic rings. The van der Waals surface area contributed by atoms with Crippen LogP contribution in [0.1, 0.15) is 26.9 Å². The van der Waals surface area contributed by atoms with Gasteiger partial charge in [-0.2, -0.15) is 0 Å². The van der Waals surface area contributed by atoms with Gasteiger partial charge in [0, 0.05) is 11.3 Å². The van der Waals surface area contributed by atoms with Crippen LogP contribution in [0.2, 0.25) is 0 Å². The van der Waals surface area contributed by atoms with Crippen LogP contribution in [0.5, 0.6) is 0 Å². The Bertz CT molecular complexity index is 1050. The summed E-state index contributed by atoms with van der Waals surface area (Å²) in [6.45, 7) is 1.87. The Labute approximate surface area is 172 Å². The molecule has 1 aliphatic heterocycles. The van der Waals surface area contributed by atoms with Crippen molar-refractivity contribution < 1.29 is 14.0 Å². The van der Waals surface area contributed by atoms with E-state index in [4.69, 9.17) is 0 Å². The quantitative estimate of drug-likeness (QED) is 0.651. The van der Waals surface area contributed by atoms with Gasteiger partial charge >= 0.3 is 0 Å². The molecule has 1 atom stereocenters. The molecule has 1 saturated heterocycles. The van der Waals surface area contributed by atoms with E-state index in [9.17, 15) is 14.0 Å². The molecule has 1 heterocycles. The number of nitrogens with zero attached hydrogens (tertiary/aromatic N) is 1. The summed E-state index contributed by atoms with van der Waals surface area (Å²) in [5.74, 6) is -0.425. The number of halogens is 1. The van der Waals surface area contributed by atoms with Gasteiger partial charge in [-0.25, -0.2) is 4.39 Å². The van der Waals surface area contributed by atoms with Crippen molar-refractivity contribution in [1.82, 2.24) is 0 Å². The minimum absolute atomic E-state index is 0.119. The van der Waals surface area contributed by atoms with Gasteiger partial charge in [-0.1, -0.05) is 36.4 Å². The fraction of sp³-hybridized carbons (Fsp3) is 0.130. The first-order chi connectivity index (χ1) is 14.0. The fourth-order valence-electron chi connectivity index (χ4n) is 3.26. The summed E-state index contributed by atoms with van der Waals surface area (Å²) in [6, 6.07) is 21.1. The summed E-state index contributed by atoms with van der Waals surface area (Å²) >= 11 is 1.46. The van der Waals surface area contributed by atoms with Gasteiger partial charge in [0.1, 0.15) is 11.2 Å². The van der Waals surface area contributed by atoms with Gasteiger partial charge in [-0.3, -0.25) is 14.5 Å². The molecule has 0 spiro atoms. The zero-order chi connectivity index (χ0) is 20.4. The van der Waals surface area contributed by atoms with E-state index in [1.54, 1.807) is 36.4 Å². The summed E-state index contributed by atoms with van der Waals surface area (Å²) in [7, 11) is 0. The number of rotatable bonds is 4. The number of nitrogens with one attached hydrogen (secondary N) is 1. The van der Waals surface area contributed by atoms with Crippen molar-refractivity contribution in [3.63, 3.8) is 0 Å². The lowest BCUT2D eigenvalue weighted by atomic mass is 10.1. The number of hydrogen-bond acceptors (Lipinski definition) is 3. The van der Waals surface area contributed by atoms with Crippen LogP contribution in [0.25, 0.3) is 0 Å². The first-order valence-corrected chi connectivity index (χ1v) is 10.2. The Balaban J connectivity index is 1.55. The molecule has 29 heavy (non-hydrogen) atoms. The Morgan fingerprint density at radius 2 is 1.79 bits per heavy atom. The molecule has 0 radical (unpaired) electrons. The van der Waals surface area contributed by atoms with E-state index in [1.807, 2.05) is 37.3 Å². The molecule has 1 N–H and O–H groups in total. The van der Waals surface area contributed by atoms with Crippen molar-refractivity contribution in [2.45, 2.75) is 12.3 Å². The second kappa shape index (κ2) is 8.09. The number of anilines is 2. The molecule has 6 heteroatoms. The molecule has 4 rings (SSSR count). The Hall–Kier alpha value is -3.12. The van der Waals surface area contributed by atoms with Crippen molar-refractivity contribution in [1.29, 1.82) is 0 Å². The Kier molecular flexibility index (Phi) is 5.36. The first-order valence-electron chi connectivity index (χ1n) is 9.19. The van der Waals surface area contributed by atoms with E-state index in [0.29, 0.717) is 22.7 Å². The van der Waals surface area contributed by atoms with Gasteiger partial charge in [-0.15, -0.1) is 11.8 Å². The van der Waals surface area contributed by atoms with Gasteiger partial charge < -0.3 is 5.32 Å². The highest BCUT2D eigenvalue weighted by Crippen LogP contribution is 2.43. The maximum Gasteiger partial charge on any atom is 0.255 e. The number of carbonyl (C=O) groups excluding carboxylic acids is 2. The second-order valence-electron chi connectivity index (χ2n) is 6.82. The summed E-state index contributed by atoms with van der Waals surface area (Å²) in [4.78, 5) is 26.3. The molecule has 0 aromatic heterocycles. The molecule has 0 saturated carbocycles. The number of aryl methyl sites for hydroxylation is 1. The third-order valence-corrected chi connectivity index (χ3v) is 5.93. The topological polar surface area (TPSA) is 49.4 Å². The molecule has 146 valence electrons. The normalized spacial score (nSPS) is 16.1. The monoisotopic (exact) mass is 406 g/mol. The van der Waals surface area contributed by atoms with E-state index in [1.165, 1.54) is 22.7 Å². The molecule has 0 aliphatic carbocycles. The van der Waals surface area contributed by atoms with Crippen LogP contribution in [0.3, 0.4) is 0 Å². The molecule has 3 aromatic carbocycles. The van der Waals surface area contributed by atoms with E-state index >= 15 is 0 Å². The molecular weight excluding hydrogens is 387 g/mol. The number of benzene rings is 3. The lowest BCUT2D eigenvalue weighted by Crippen LogP contribution is -2.28. The first kappa shape index (κ1) is 19.2. The Morgan fingerprint density at radius 1 is 1.07 bits per heavy atom. The van der Waals surface area contributed by atoms with Crippen LogP contribution in [0.15, 0.2) is 72.8 Å². The number of carbonyl (C=O) groups is 2. The predicted molar refractivity (Wildman–Crippen MR) is 115 cm³/mol. The minimum Gasteiger partial charge on any atom is -0.322 e. The molecule has 2 amide bonds. The van der Waals surface area contributed by atoms with Crippen molar-refractivity contribution in [2.75, 3.05) is 16.0 Å². The highest BCUT2D eigenvalue weighted by Gasteiger charge is 2.35. The average Bonchev–Trinajstić information content (AvgIpc) is 3.12. The molecule has 0 unspecified atom stereocenters. The van der Waals surface area contributed by atoms with Crippen molar-refractivity contribution >= 4 is 35.0 Å². The fourth-order valence-corrected chi connectivity index (χ4v) is 4.43. The van der Waals surface area contributed by atoms with E-state index in [-0.39, 0.29) is 17.2 Å². The third kappa shape index (κ3) is 4.03. The molecule has 0 bridgehead atoms. The van der Waals surface area contributed by atoms with Crippen LogP contribution in [-0.4, -0.2) is 17.6 Å². The van der Waals surface area contributed by atoms with E-state index in [2.05, 4.69) is 5.32 Å². The minimum atomic E-state index is -0.414. The highest BCUT2D eigenvalue weighted by molar-refractivity contribution is 8.00. The number of hydrogen-bond donors (Lipinski definition) is 1. The van der Waals surface area contributed by atoms with Crippen molar-refractivity contribution in [3.8, 4) is 0 Å². The lowest BCUT2D eigenvalue weighted by Gasteiger charge is -2.25. The average molecular weight is 406 g/mol. The zero-order valence-corrected chi connectivity index (χ0v) is 16.6. The zero-order valence-electron chi connectivity index (χ0n) is 15.8. The van der Waals surface area contributed by atoms with Gasteiger partial charge in [0.25, 0.3) is 5.91 Å². The number of thioether (sulfide) groups is 1. The van der Waals surface area contributed by atoms with Crippen LogP contribution < -0.4 is 10.2 Å². The third-order valence-electron chi connectivity index (χ3n) is 4.72. The second-order valence-corrected chi connectivity index (χ2v) is 7.89. The van der Waals surface area contributed by atoms with Crippen molar-refractivity contribution in [2.24, 2.45) is 0 Å². The lowest BCUT2D eigenvalue weighted by molar-refractivity contribution is -0.115. The van der Waals surface area contributed by atoms with Gasteiger partial charge in [0.15, 0.2) is 0 Å². The molecule has 4 nitrogen and oxygen atoms in total. The van der Waals surface area contributed by atoms with Crippen LogP contribution in [-0.2, 0) is 4.79 Å². The maximum absolute atomic E-state index is 14.4. The predicted octanol–water partition coefficient (Wildman–Crippen LogP) is 5.17. The van der Waals surface area contributed by atoms with Gasteiger partial charge in [-0.05, 0) is 54.4 Å². The maximum atomic E-state index is 14.4. The van der Waals surface area contributed by atoms with Crippen LogP contribution >= 0.6 is 11.8 Å². The molecular formula is C23H19FN2O2S. The van der Waals surface area contributed by atoms with Crippen LogP contribution in [0.4, 0.5) is 15.8 Å². The van der Waals surface area contributed by atoms with Gasteiger partial charge in [0.2, 0.25) is 5.91 Å². The molecule has 1 aliphatic rings. The van der Waals surface area contributed by atoms with Crippen LogP contribution in [0, 0.1) is 12.7 Å². The van der Waals surface area contributed by atoms with E-state index in [0.717, 1.165) is 11.1 Å². The smallest absolute Gasteiger partial charge is 0.255 e. The van der Waals surface area contributed by atoms with E-state index < -0.39 is 5.82 Å². The Morgan fingerprint density at radius 3 is 2.52 bits per heavy atom. The summed E-state index contributed by atoms with van der Waals surface area (Å²) in [6.07, 6.45) is 0. The van der Waals surface area contributed by atoms with Gasteiger partial charge in [0.05, 0.1) is 11.4 Å². The summed E-state index contributed by atoms with van der Waals surface area (Å²) in [5.41, 5.74) is 3.30. The standard InChI is InChI=1S/C23H19FN2O2S/c1-15-7-12-19(24)20(13-15)26-21(27)14-29-23(26)17-8-10-18(11-9-17)25-22(28)16-5-3-2-4-6-16/h2-13,23H,14H2,1H3,(H,25,28)/t23-/m0/s1. The number of amides is 2. The summed E-state index contributed by atoms with van der Waals surface area (Å²) < 4.78 is 14.4. The SMILES string of the molecule is Cc1ccc(F)c(N2C(=O)CS[C@H]2c2ccc(NC(=O)c3ccccc3)cc2)c1. The highest BCUT2D eigenvalue weighted by atomic mass is 32.2. The largest absolute Gasteiger partial charge is 0.322 e. The summed E-state index contributed by atoms with van der Waals surface area (Å²) in [5, 5.41) is 2.55. The molecule has 1 fully saturated rings. The van der Waals surface area contributed by atoms with Crippen molar-refractivity contribution in [3.05, 3.63) is 95.3 Å².